The highest BCUT2D eigenvalue weighted by atomic mass is 32.2. The molecule has 9 heteroatoms. The van der Waals surface area contributed by atoms with Crippen LogP contribution in [0, 0.1) is 5.92 Å². The molecule has 6 nitrogen and oxygen atoms in total. The molecular formula is C13H17F2N3O3S. The SMILES string of the molecule is CCc1ccc(NC(=O)C2CCN(S(=O)(=O)C(F)F)C2)cn1. The van der Waals surface area contributed by atoms with Crippen molar-refractivity contribution in [3.63, 3.8) is 0 Å². The number of carbonyl (C=O) groups excluding carboxylic acids is 1. The summed E-state index contributed by atoms with van der Waals surface area (Å²) in [6.45, 7) is 1.66. The summed E-state index contributed by atoms with van der Waals surface area (Å²) >= 11 is 0. The van der Waals surface area contributed by atoms with Gasteiger partial charge in [0.05, 0.1) is 17.8 Å². The molecule has 0 aromatic carbocycles. The number of hydrogen-bond donors (Lipinski definition) is 1. The van der Waals surface area contributed by atoms with Crippen molar-refractivity contribution in [2.24, 2.45) is 5.92 Å². The minimum absolute atomic E-state index is 0.0716. The number of aromatic nitrogens is 1. The van der Waals surface area contributed by atoms with E-state index in [9.17, 15) is 22.0 Å². The lowest BCUT2D eigenvalue weighted by Gasteiger charge is -2.15. The van der Waals surface area contributed by atoms with E-state index >= 15 is 0 Å². The van der Waals surface area contributed by atoms with E-state index in [1.165, 1.54) is 6.20 Å². The Morgan fingerprint density at radius 2 is 2.23 bits per heavy atom. The number of rotatable bonds is 5. The first kappa shape index (κ1) is 16.8. The van der Waals surface area contributed by atoms with E-state index in [1.54, 1.807) is 12.1 Å². The van der Waals surface area contributed by atoms with Gasteiger partial charge in [0, 0.05) is 18.8 Å². The molecule has 0 aliphatic carbocycles. The Kier molecular flexibility index (Phi) is 5.07. The maximum absolute atomic E-state index is 12.5. The summed E-state index contributed by atoms with van der Waals surface area (Å²) in [6.07, 6.45) is 2.51. The van der Waals surface area contributed by atoms with E-state index in [-0.39, 0.29) is 19.5 Å². The first-order chi connectivity index (χ1) is 10.3. The fraction of sp³-hybridized carbons (Fsp3) is 0.538. The lowest BCUT2D eigenvalue weighted by atomic mass is 10.1. The number of carbonyl (C=O) groups is 1. The normalized spacial score (nSPS) is 19.5. The number of alkyl halides is 2. The van der Waals surface area contributed by atoms with E-state index < -0.39 is 27.6 Å². The van der Waals surface area contributed by atoms with Gasteiger partial charge >= 0.3 is 5.76 Å². The van der Waals surface area contributed by atoms with E-state index in [2.05, 4.69) is 10.3 Å². The lowest BCUT2D eigenvalue weighted by molar-refractivity contribution is -0.119. The zero-order chi connectivity index (χ0) is 16.3. The van der Waals surface area contributed by atoms with Crippen LogP contribution in [0.1, 0.15) is 19.0 Å². The van der Waals surface area contributed by atoms with Crippen LogP contribution in [0.2, 0.25) is 0 Å². The topological polar surface area (TPSA) is 79.4 Å². The average Bonchev–Trinajstić information content (AvgIpc) is 2.98. The van der Waals surface area contributed by atoms with Crippen molar-refractivity contribution < 1.29 is 22.0 Å². The van der Waals surface area contributed by atoms with Gasteiger partial charge < -0.3 is 5.32 Å². The predicted octanol–water partition coefficient (Wildman–Crippen LogP) is 1.46. The summed E-state index contributed by atoms with van der Waals surface area (Å²) in [7, 11) is -4.62. The maximum atomic E-state index is 12.5. The highest BCUT2D eigenvalue weighted by Gasteiger charge is 2.39. The van der Waals surface area contributed by atoms with Crippen LogP contribution in [-0.2, 0) is 21.2 Å². The molecule has 1 aromatic rings. The van der Waals surface area contributed by atoms with Gasteiger partial charge in [-0.15, -0.1) is 0 Å². The van der Waals surface area contributed by atoms with Crippen molar-refractivity contribution in [2.75, 3.05) is 18.4 Å². The highest BCUT2D eigenvalue weighted by Crippen LogP contribution is 2.24. The molecule has 0 radical (unpaired) electrons. The van der Waals surface area contributed by atoms with Crippen molar-refractivity contribution in [1.82, 2.24) is 9.29 Å². The lowest BCUT2D eigenvalue weighted by Crippen LogP contribution is -2.35. The number of sulfonamides is 1. The second kappa shape index (κ2) is 6.66. The van der Waals surface area contributed by atoms with E-state index in [1.807, 2.05) is 6.92 Å². The summed E-state index contributed by atoms with van der Waals surface area (Å²) in [5.74, 6) is -4.49. The first-order valence-corrected chi connectivity index (χ1v) is 8.37. The molecule has 0 spiro atoms. The summed E-state index contributed by atoms with van der Waals surface area (Å²) in [4.78, 5) is 16.2. The Labute approximate surface area is 127 Å². The molecule has 1 aliphatic rings. The van der Waals surface area contributed by atoms with Gasteiger partial charge in [-0.25, -0.2) is 8.42 Å². The minimum atomic E-state index is -4.62. The maximum Gasteiger partial charge on any atom is 0.350 e. The predicted molar refractivity (Wildman–Crippen MR) is 76.8 cm³/mol. The third-order valence-corrected chi connectivity index (χ3v) is 5.06. The molecule has 2 rings (SSSR count). The number of nitrogens with one attached hydrogen (secondary N) is 1. The minimum Gasteiger partial charge on any atom is -0.324 e. The van der Waals surface area contributed by atoms with Gasteiger partial charge in [-0.3, -0.25) is 9.78 Å². The largest absolute Gasteiger partial charge is 0.350 e. The second-order valence-electron chi connectivity index (χ2n) is 5.03. The van der Waals surface area contributed by atoms with Crippen LogP contribution in [-0.4, -0.2) is 42.5 Å². The number of nitrogens with zero attached hydrogens (tertiary/aromatic N) is 2. The van der Waals surface area contributed by atoms with Crippen molar-refractivity contribution in [3.8, 4) is 0 Å². The van der Waals surface area contributed by atoms with Crippen LogP contribution in [0.5, 0.6) is 0 Å². The molecule has 1 atom stereocenters. The Hall–Kier alpha value is -1.61. The van der Waals surface area contributed by atoms with Gasteiger partial charge in [0.25, 0.3) is 10.0 Å². The molecule has 1 N–H and O–H groups in total. The molecule has 0 saturated carbocycles. The Bertz CT molecular complexity index is 634. The van der Waals surface area contributed by atoms with Crippen molar-refractivity contribution in [2.45, 2.75) is 25.5 Å². The Morgan fingerprint density at radius 1 is 1.50 bits per heavy atom. The smallest absolute Gasteiger partial charge is 0.324 e. The number of hydrogen-bond acceptors (Lipinski definition) is 4. The quantitative estimate of drug-likeness (QED) is 0.885. The van der Waals surface area contributed by atoms with Crippen LogP contribution in [0.15, 0.2) is 18.3 Å². The van der Waals surface area contributed by atoms with Crippen LogP contribution in [0.3, 0.4) is 0 Å². The third-order valence-electron chi connectivity index (χ3n) is 3.56. The monoisotopic (exact) mass is 333 g/mol. The number of aryl methyl sites for hydroxylation is 1. The molecule has 1 saturated heterocycles. The molecule has 0 bridgehead atoms. The standard InChI is InChI=1S/C13H17F2N3O3S/c1-2-10-3-4-11(7-16-10)17-12(19)9-5-6-18(8-9)22(20,21)13(14)15/h3-4,7,9,13H,2,5-6,8H2,1H3,(H,17,19). The van der Waals surface area contributed by atoms with Crippen molar-refractivity contribution in [1.29, 1.82) is 0 Å². The van der Waals surface area contributed by atoms with Gasteiger partial charge in [0.1, 0.15) is 0 Å². The number of anilines is 1. The van der Waals surface area contributed by atoms with E-state index in [0.717, 1.165) is 12.1 Å². The zero-order valence-corrected chi connectivity index (χ0v) is 12.8. The van der Waals surface area contributed by atoms with Gasteiger partial charge in [-0.2, -0.15) is 13.1 Å². The molecule has 22 heavy (non-hydrogen) atoms. The average molecular weight is 333 g/mol. The fourth-order valence-corrected chi connectivity index (χ4v) is 3.21. The van der Waals surface area contributed by atoms with E-state index in [4.69, 9.17) is 0 Å². The highest BCUT2D eigenvalue weighted by molar-refractivity contribution is 7.89. The van der Waals surface area contributed by atoms with Crippen LogP contribution in [0.4, 0.5) is 14.5 Å². The van der Waals surface area contributed by atoms with Crippen molar-refractivity contribution in [3.05, 3.63) is 24.0 Å². The summed E-state index contributed by atoms with van der Waals surface area (Å²) in [5.41, 5.74) is 1.38. The molecule has 1 aromatic heterocycles. The van der Waals surface area contributed by atoms with Crippen LogP contribution in [0.25, 0.3) is 0 Å². The van der Waals surface area contributed by atoms with Gasteiger partial charge in [0.15, 0.2) is 0 Å². The van der Waals surface area contributed by atoms with E-state index in [0.29, 0.717) is 9.99 Å². The fourth-order valence-electron chi connectivity index (χ4n) is 2.24. The van der Waals surface area contributed by atoms with Crippen LogP contribution < -0.4 is 5.32 Å². The Balaban J connectivity index is 1.97. The number of halogens is 2. The molecule has 2 heterocycles. The molecule has 1 fully saturated rings. The van der Waals surface area contributed by atoms with Crippen LogP contribution >= 0.6 is 0 Å². The molecule has 1 unspecified atom stereocenters. The van der Waals surface area contributed by atoms with Gasteiger partial charge in [-0.05, 0) is 25.0 Å². The molecular weight excluding hydrogens is 316 g/mol. The summed E-state index contributed by atoms with van der Waals surface area (Å²) in [6, 6.07) is 3.48. The van der Waals surface area contributed by atoms with Gasteiger partial charge in [0.2, 0.25) is 5.91 Å². The number of pyridine rings is 1. The van der Waals surface area contributed by atoms with Gasteiger partial charge in [-0.1, -0.05) is 6.92 Å². The number of amides is 1. The zero-order valence-electron chi connectivity index (χ0n) is 12.0. The second-order valence-corrected chi connectivity index (χ2v) is 6.93. The summed E-state index contributed by atoms with van der Waals surface area (Å²) in [5, 5.41) is 2.63. The molecule has 1 aliphatic heterocycles. The first-order valence-electron chi connectivity index (χ1n) is 6.87. The summed E-state index contributed by atoms with van der Waals surface area (Å²) < 4.78 is 48.3. The van der Waals surface area contributed by atoms with Crippen molar-refractivity contribution >= 4 is 21.6 Å². The molecule has 122 valence electrons. The molecule has 1 amide bonds. The third kappa shape index (κ3) is 3.58. The Morgan fingerprint density at radius 3 is 2.77 bits per heavy atom.